The van der Waals surface area contributed by atoms with Crippen molar-refractivity contribution in [3.8, 4) is 0 Å². The van der Waals surface area contributed by atoms with Crippen LogP contribution in [0.2, 0.25) is 0 Å². The largest absolute Gasteiger partial charge is 0.479 e. The van der Waals surface area contributed by atoms with E-state index in [0.717, 1.165) is 5.56 Å². The van der Waals surface area contributed by atoms with E-state index in [1.165, 1.54) is 0 Å². The number of nitrogens with one attached hydrogen (secondary N) is 1. The number of hydrogen-bond acceptors (Lipinski definition) is 4. The standard InChI is InChI=1S/C15H19NO5S/c1-22(20)9-11(10-5-3-2-4-6-10)16-14(17)12-7-8-13(21-12)15(18)19/h2-6,11-13H,7-9H2,1H3,(H,16,17)(H,18,19)/t11?,12-,13+,22?/m0/s1. The van der Waals surface area contributed by atoms with E-state index in [1.807, 2.05) is 30.3 Å². The van der Waals surface area contributed by atoms with Gasteiger partial charge in [0.1, 0.15) is 6.10 Å². The van der Waals surface area contributed by atoms with Crippen molar-refractivity contribution in [3.63, 3.8) is 0 Å². The Hall–Kier alpha value is -1.73. The zero-order valence-electron chi connectivity index (χ0n) is 12.2. The lowest BCUT2D eigenvalue weighted by molar-refractivity contribution is -0.151. The van der Waals surface area contributed by atoms with Crippen LogP contribution >= 0.6 is 0 Å². The van der Waals surface area contributed by atoms with Crippen LogP contribution in [0.4, 0.5) is 0 Å². The average Bonchev–Trinajstić information content (AvgIpc) is 2.97. The molecule has 1 aliphatic heterocycles. The molecule has 0 radical (unpaired) electrons. The number of hydrogen-bond donors (Lipinski definition) is 2. The summed E-state index contributed by atoms with van der Waals surface area (Å²) in [6.45, 7) is 0. The number of carboxylic acid groups (broad SMARTS) is 1. The van der Waals surface area contributed by atoms with Gasteiger partial charge in [0.15, 0.2) is 6.10 Å². The van der Waals surface area contributed by atoms with Gasteiger partial charge >= 0.3 is 5.97 Å². The van der Waals surface area contributed by atoms with Crippen molar-refractivity contribution in [2.45, 2.75) is 31.1 Å². The molecule has 120 valence electrons. The van der Waals surface area contributed by atoms with Crippen molar-refractivity contribution in [1.82, 2.24) is 5.32 Å². The van der Waals surface area contributed by atoms with Crippen LogP contribution in [0.3, 0.4) is 0 Å². The maximum atomic E-state index is 12.3. The smallest absolute Gasteiger partial charge is 0.332 e. The summed E-state index contributed by atoms with van der Waals surface area (Å²) in [5.74, 6) is -1.11. The van der Waals surface area contributed by atoms with Gasteiger partial charge in [-0.2, -0.15) is 0 Å². The van der Waals surface area contributed by atoms with E-state index in [9.17, 15) is 13.8 Å². The third-order valence-electron chi connectivity index (χ3n) is 3.51. The molecule has 0 aliphatic carbocycles. The Labute approximate surface area is 131 Å². The third-order valence-corrected chi connectivity index (χ3v) is 4.31. The molecule has 0 saturated carbocycles. The van der Waals surface area contributed by atoms with Crippen LogP contribution in [0, 0.1) is 0 Å². The highest BCUT2D eigenvalue weighted by atomic mass is 32.2. The highest BCUT2D eigenvalue weighted by Gasteiger charge is 2.35. The Morgan fingerprint density at radius 3 is 2.50 bits per heavy atom. The summed E-state index contributed by atoms with van der Waals surface area (Å²) >= 11 is 0. The van der Waals surface area contributed by atoms with Crippen molar-refractivity contribution in [1.29, 1.82) is 0 Å². The number of rotatable bonds is 6. The van der Waals surface area contributed by atoms with Gasteiger partial charge in [0.05, 0.1) is 6.04 Å². The van der Waals surface area contributed by atoms with Crippen LogP contribution in [0.25, 0.3) is 0 Å². The van der Waals surface area contributed by atoms with E-state index in [-0.39, 0.29) is 11.9 Å². The van der Waals surface area contributed by atoms with Crippen LogP contribution in [-0.4, -0.2) is 45.4 Å². The summed E-state index contributed by atoms with van der Waals surface area (Å²) in [7, 11) is -1.08. The first kappa shape index (κ1) is 16.6. The summed E-state index contributed by atoms with van der Waals surface area (Å²) in [5.41, 5.74) is 0.860. The van der Waals surface area contributed by atoms with Gasteiger partial charge in [-0.3, -0.25) is 9.00 Å². The molecule has 0 aromatic heterocycles. The van der Waals surface area contributed by atoms with Crippen LogP contribution < -0.4 is 5.32 Å². The van der Waals surface area contributed by atoms with Crippen LogP contribution in [0.15, 0.2) is 30.3 Å². The van der Waals surface area contributed by atoms with Crippen molar-refractivity contribution >= 4 is 22.7 Å². The van der Waals surface area contributed by atoms with Gasteiger partial charge in [0, 0.05) is 22.8 Å². The number of aliphatic carboxylic acids is 1. The minimum Gasteiger partial charge on any atom is -0.479 e. The molecule has 2 unspecified atom stereocenters. The summed E-state index contributed by atoms with van der Waals surface area (Å²) in [6.07, 6.45) is 0.584. The van der Waals surface area contributed by atoms with Crippen LogP contribution in [0.5, 0.6) is 0 Å². The van der Waals surface area contributed by atoms with Crippen molar-refractivity contribution in [3.05, 3.63) is 35.9 Å². The second-order valence-corrected chi connectivity index (χ2v) is 6.72. The molecule has 2 N–H and O–H groups in total. The molecule has 4 atom stereocenters. The zero-order valence-corrected chi connectivity index (χ0v) is 13.0. The Kier molecular flexibility index (Phi) is 5.68. The maximum absolute atomic E-state index is 12.3. The zero-order chi connectivity index (χ0) is 16.1. The van der Waals surface area contributed by atoms with E-state index >= 15 is 0 Å². The lowest BCUT2D eigenvalue weighted by Gasteiger charge is -2.20. The van der Waals surface area contributed by atoms with Crippen molar-refractivity contribution in [2.24, 2.45) is 0 Å². The number of carbonyl (C=O) groups excluding carboxylic acids is 1. The molecule has 6 nitrogen and oxygen atoms in total. The van der Waals surface area contributed by atoms with E-state index in [0.29, 0.717) is 18.6 Å². The molecule has 1 saturated heterocycles. The fraction of sp³-hybridized carbons (Fsp3) is 0.467. The van der Waals surface area contributed by atoms with Crippen LogP contribution in [0.1, 0.15) is 24.4 Å². The fourth-order valence-corrected chi connectivity index (χ4v) is 3.16. The first-order valence-electron chi connectivity index (χ1n) is 7.01. The minimum absolute atomic E-state index is 0.296. The molecule has 1 aliphatic rings. The van der Waals surface area contributed by atoms with Gasteiger partial charge in [-0.25, -0.2) is 4.79 Å². The van der Waals surface area contributed by atoms with Gasteiger partial charge in [0.2, 0.25) is 5.91 Å². The number of benzene rings is 1. The summed E-state index contributed by atoms with van der Waals surface area (Å²) in [5, 5.41) is 11.7. The van der Waals surface area contributed by atoms with E-state index < -0.39 is 29.0 Å². The first-order valence-corrected chi connectivity index (χ1v) is 8.73. The highest BCUT2D eigenvalue weighted by molar-refractivity contribution is 7.84. The summed E-state index contributed by atoms with van der Waals surface area (Å²) in [4.78, 5) is 23.1. The lowest BCUT2D eigenvalue weighted by atomic mass is 10.1. The SMILES string of the molecule is CS(=O)CC(NC(=O)[C@@H]1CC[C@H](C(=O)O)O1)c1ccccc1. The van der Waals surface area contributed by atoms with Crippen molar-refractivity contribution in [2.75, 3.05) is 12.0 Å². The monoisotopic (exact) mass is 325 g/mol. The molecule has 1 aromatic rings. The van der Waals surface area contributed by atoms with Gasteiger partial charge in [0.25, 0.3) is 0 Å². The molecule has 1 heterocycles. The van der Waals surface area contributed by atoms with Crippen LogP contribution in [-0.2, 0) is 25.1 Å². The number of carbonyl (C=O) groups is 2. The molecule has 22 heavy (non-hydrogen) atoms. The summed E-state index contributed by atoms with van der Waals surface area (Å²) < 4.78 is 16.8. The Morgan fingerprint density at radius 2 is 1.95 bits per heavy atom. The highest BCUT2D eigenvalue weighted by Crippen LogP contribution is 2.21. The summed E-state index contributed by atoms with van der Waals surface area (Å²) in [6, 6.07) is 8.88. The van der Waals surface area contributed by atoms with E-state index in [4.69, 9.17) is 9.84 Å². The van der Waals surface area contributed by atoms with E-state index in [1.54, 1.807) is 6.26 Å². The average molecular weight is 325 g/mol. The molecule has 0 bridgehead atoms. The Bertz CT molecular complexity index is 562. The normalized spacial score (nSPS) is 23.7. The van der Waals surface area contributed by atoms with Gasteiger partial charge in [-0.1, -0.05) is 30.3 Å². The molecule has 1 aromatic carbocycles. The molecule has 0 spiro atoms. The second kappa shape index (κ2) is 7.51. The molecular weight excluding hydrogens is 306 g/mol. The van der Waals surface area contributed by atoms with Gasteiger partial charge in [-0.05, 0) is 18.4 Å². The van der Waals surface area contributed by atoms with E-state index in [2.05, 4.69) is 5.32 Å². The predicted octanol–water partition coefficient (Wildman–Crippen LogP) is 0.855. The molecule has 1 fully saturated rings. The number of ether oxygens (including phenoxy) is 1. The second-order valence-electron chi connectivity index (χ2n) is 5.24. The third kappa shape index (κ3) is 4.38. The molecule has 7 heteroatoms. The molecule has 2 rings (SSSR count). The fourth-order valence-electron chi connectivity index (χ4n) is 2.42. The Morgan fingerprint density at radius 1 is 1.32 bits per heavy atom. The topological polar surface area (TPSA) is 92.7 Å². The quantitative estimate of drug-likeness (QED) is 0.809. The number of amides is 1. The number of carboxylic acids is 1. The molecule has 1 amide bonds. The minimum atomic E-state index is -1.08. The Balaban J connectivity index is 2.03. The first-order chi connectivity index (χ1) is 10.5. The van der Waals surface area contributed by atoms with Gasteiger partial charge < -0.3 is 15.2 Å². The van der Waals surface area contributed by atoms with Gasteiger partial charge in [-0.15, -0.1) is 0 Å². The predicted molar refractivity (Wildman–Crippen MR) is 81.8 cm³/mol. The van der Waals surface area contributed by atoms with Crippen molar-refractivity contribution < 1.29 is 23.6 Å². The maximum Gasteiger partial charge on any atom is 0.332 e. The lowest BCUT2D eigenvalue weighted by Crippen LogP contribution is -2.39. The molecular formula is C15H19NO5S.